The molecule has 0 spiro atoms. The predicted molar refractivity (Wildman–Crippen MR) is 111 cm³/mol. The molecule has 0 atom stereocenters. The zero-order chi connectivity index (χ0) is 18.6. The van der Waals surface area contributed by atoms with Crippen molar-refractivity contribution in [1.29, 1.82) is 0 Å². The minimum Gasteiger partial charge on any atom is -0.496 e. The zero-order valence-corrected chi connectivity index (χ0v) is 17.8. The standard InChI is InChI=1S/C19H25ClN2OS2/c1-6-7-10-22-16(19(2,3)4)12-25-18(22)21-17(24)14-11-13(20)8-9-15(14)23-5/h8-9,11-12H,6-7,10H2,1-5H3/b21-18-. The first-order chi connectivity index (χ1) is 11.8. The largest absolute Gasteiger partial charge is 0.496 e. The van der Waals surface area contributed by atoms with Crippen LogP contribution in [0.1, 0.15) is 51.8 Å². The molecule has 0 unspecified atom stereocenters. The molecule has 0 saturated heterocycles. The third-order valence-electron chi connectivity index (χ3n) is 3.89. The Hall–Kier alpha value is -1.17. The molecule has 25 heavy (non-hydrogen) atoms. The second kappa shape index (κ2) is 8.47. The lowest BCUT2D eigenvalue weighted by Crippen LogP contribution is -2.25. The summed E-state index contributed by atoms with van der Waals surface area (Å²) in [5.74, 6) is 0.686. The Morgan fingerprint density at radius 2 is 2.08 bits per heavy atom. The van der Waals surface area contributed by atoms with Crippen LogP contribution in [0.25, 0.3) is 0 Å². The molecule has 0 N–H and O–H groups in total. The van der Waals surface area contributed by atoms with Gasteiger partial charge >= 0.3 is 0 Å². The normalized spacial score (nSPS) is 12.5. The van der Waals surface area contributed by atoms with Gasteiger partial charge in [-0.2, -0.15) is 0 Å². The first-order valence-corrected chi connectivity index (χ1v) is 10.1. The second-order valence-corrected chi connectivity index (χ2v) is 8.58. The molecule has 1 aromatic carbocycles. The quantitative estimate of drug-likeness (QED) is 0.616. The fourth-order valence-electron chi connectivity index (χ4n) is 2.53. The molecule has 136 valence electrons. The van der Waals surface area contributed by atoms with Gasteiger partial charge in [0.2, 0.25) is 0 Å². The Balaban J connectivity index is 2.52. The van der Waals surface area contributed by atoms with Crippen molar-refractivity contribution in [3.63, 3.8) is 0 Å². The van der Waals surface area contributed by atoms with Crippen LogP contribution in [0.2, 0.25) is 5.02 Å². The minimum atomic E-state index is 0.0629. The molecule has 0 radical (unpaired) electrons. The lowest BCUT2D eigenvalue weighted by atomic mass is 9.93. The number of nitrogens with zero attached hydrogens (tertiary/aromatic N) is 2. The number of rotatable bonds is 5. The third-order valence-corrected chi connectivity index (χ3v) is 5.30. The monoisotopic (exact) mass is 396 g/mol. The van der Waals surface area contributed by atoms with E-state index < -0.39 is 0 Å². The number of ether oxygens (including phenoxy) is 1. The van der Waals surface area contributed by atoms with E-state index in [2.05, 4.69) is 37.6 Å². The number of unbranched alkanes of at least 4 members (excludes halogenated alkanes) is 1. The lowest BCUT2D eigenvalue weighted by molar-refractivity contribution is 0.414. The van der Waals surface area contributed by atoms with Crippen LogP contribution in [-0.4, -0.2) is 16.7 Å². The fraction of sp³-hybridized carbons (Fsp3) is 0.474. The Morgan fingerprint density at radius 1 is 1.36 bits per heavy atom. The van der Waals surface area contributed by atoms with E-state index in [1.807, 2.05) is 6.07 Å². The first kappa shape index (κ1) is 20.1. The highest BCUT2D eigenvalue weighted by Crippen LogP contribution is 2.25. The maximum atomic E-state index is 6.13. The molecule has 6 heteroatoms. The number of aromatic nitrogens is 1. The fourth-order valence-corrected chi connectivity index (χ4v) is 4.17. The number of halogens is 1. The van der Waals surface area contributed by atoms with Gasteiger partial charge < -0.3 is 9.30 Å². The van der Waals surface area contributed by atoms with Crippen LogP contribution in [0.15, 0.2) is 28.6 Å². The van der Waals surface area contributed by atoms with Crippen molar-refractivity contribution in [2.45, 2.75) is 52.5 Å². The van der Waals surface area contributed by atoms with Crippen LogP contribution >= 0.6 is 35.2 Å². The van der Waals surface area contributed by atoms with E-state index >= 15 is 0 Å². The molecule has 3 nitrogen and oxygen atoms in total. The molecule has 0 aliphatic carbocycles. The number of hydrogen-bond donors (Lipinski definition) is 0. The molecule has 1 aromatic heterocycles. The zero-order valence-electron chi connectivity index (χ0n) is 15.4. The van der Waals surface area contributed by atoms with E-state index in [1.54, 1.807) is 30.6 Å². The van der Waals surface area contributed by atoms with E-state index in [1.165, 1.54) is 5.69 Å². The Morgan fingerprint density at radius 3 is 2.68 bits per heavy atom. The van der Waals surface area contributed by atoms with Crippen molar-refractivity contribution in [2.24, 2.45) is 4.99 Å². The van der Waals surface area contributed by atoms with Crippen molar-refractivity contribution < 1.29 is 4.74 Å². The lowest BCUT2D eigenvalue weighted by Gasteiger charge is -2.21. The van der Waals surface area contributed by atoms with Crippen molar-refractivity contribution in [3.05, 3.63) is 44.7 Å². The molecule has 2 aromatic rings. The number of methoxy groups -OCH3 is 1. The highest BCUT2D eigenvalue weighted by atomic mass is 35.5. The maximum absolute atomic E-state index is 6.13. The third kappa shape index (κ3) is 4.93. The maximum Gasteiger partial charge on any atom is 0.190 e. The van der Waals surface area contributed by atoms with Crippen LogP contribution in [-0.2, 0) is 12.0 Å². The summed E-state index contributed by atoms with van der Waals surface area (Å²) < 4.78 is 7.69. The van der Waals surface area contributed by atoms with Gasteiger partial charge in [0.25, 0.3) is 0 Å². The molecule has 0 amide bonds. The summed E-state index contributed by atoms with van der Waals surface area (Å²) >= 11 is 13.3. The Bertz CT molecular complexity index is 816. The average molecular weight is 397 g/mol. The highest BCUT2D eigenvalue weighted by molar-refractivity contribution is 7.80. The van der Waals surface area contributed by atoms with Crippen molar-refractivity contribution >= 4 is 40.1 Å². The van der Waals surface area contributed by atoms with Crippen LogP contribution < -0.4 is 9.54 Å². The van der Waals surface area contributed by atoms with Crippen molar-refractivity contribution in [2.75, 3.05) is 7.11 Å². The molecule has 0 saturated carbocycles. The summed E-state index contributed by atoms with van der Waals surface area (Å²) in [6, 6.07) is 5.41. The first-order valence-electron chi connectivity index (χ1n) is 8.39. The second-order valence-electron chi connectivity index (χ2n) is 6.92. The molecule has 1 heterocycles. The predicted octanol–water partition coefficient (Wildman–Crippen LogP) is 5.59. The van der Waals surface area contributed by atoms with E-state index in [0.717, 1.165) is 29.8 Å². The van der Waals surface area contributed by atoms with Gasteiger partial charge in [-0.25, -0.2) is 4.99 Å². The summed E-state index contributed by atoms with van der Waals surface area (Å²) in [5, 5.41) is 2.81. The van der Waals surface area contributed by atoms with Gasteiger partial charge in [0, 0.05) is 28.1 Å². The van der Waals surface area contributed by atoms with Gasteiger partial charge in [-0.05, 0) is 24.6 Å². The van der Waals surface area contributed by atoms with Crippen molar-refractivity contribution in [1.82, 2.24) is 4.57 Å². The molecule has 0 aliphatic heterocycles. The van der Waals surface area contributed by atoms with Crippen LogP contribution in [0.5, 0.6) is 5.75 Å². The molecule has 2 rings (SSSR count). The minimum absolute atomic E-state index is 0.0629. The summed E-state index contributed by atoms with van der Waals surface area (Å²) in [6.45, 7) is 9.81. The van der Waals surface area contributed by atoms with Gasteiger partial charge in [0.1, 0.15) is 10.7 Å². The van der Waals surface area contributed by atoms with Crippen LogP contribution in [0.3, 0.4) is 0 Å². The number of thiocarbonyl (C=S) groups is 1. The topological polar surface area (TPSA) is 26.5 Å². The van der Waals surface area contributed by atoms with E-state index in [0.29, 0.717) is 15.8 Å². The summed E-state index contributed by atoms with van der Waals surface area (Å²) in [5.41, 5.74) is 2.09. The average Bonchev–Trinajstić information content (AvgIpc) is 2.95. The van der Waals surface area contributed by atoms with Crippen LogP contribution in [0, 0.1) is 0 Å². The van der Waals surface area contributed by atoms with E-state index in [9.17, 15) is 0 Å². The smallest absolute Gasteiger partial charge is 0.190 e. The highest BCUT2D eigenvalue weighted by Gasteiger charge is 2.20. The van der Waals surface area contributed by atoms with E-state index in [4.69, 9.17) is 33.5 Å². The Kier molecular flexibility index (Phi) is 6.83. The Labute approximate surface area is 164 Å². The number of thiazole rings is 1. The van der Waals surface area contributed by atoms with Gasteiger partial charge in [-0.15, -0.1) is 11.3 Å². The number of benzene rings is 1. The van der Waals surface area contributed by atoms with Gasteiger partial charge in [0.05, 0.1) is 12.7 Å². The summed E-state index contributed by atoms with van der Waals surface area (Å²) in [6.07, 6.45) is 2.25. The molecule has 0 fully saturated rings. The molecular weight excluding hydrogens is 372 g/mol. The van der Waals surface area contributed by atoms with Gasteiger partial charge in [-0.1, -0.05) is 57.9 Å². The molecule has 0 aliphatic rings. The van der Waals surface area contributed by atoms with Gasteiger partial charge in [0.15, 0.2) is 4.80 Å². The SMILES string of the molecule is CCCCn1c(C(C)(C)C)cs/c1=N\C(=S)c1cc(Cl)ccc1OC. The summed E-state index contributed by atoms with van der Waals surface area (Å²) in [7, 11) is 1.62. The summed E-state index contributed by atoms with van der Waals surface area (Å²) in [4.78, 5) is 6.15. The van der Waals surface area contributed by atoms with Gasteiger partial charge in [-0.3, -0.25) is 0 Å². The molecule has 0 bridgehead atoms. The molecular formula is C19H25ClN2OS2. The van der Waals surface area contributed by atoms with E-state index in [-0.39, 0.29) is 5.41 Å². The van der Waals surface area contributed by atoms with Crippen molar-refractivity contribution in [3.8, 4) is 5.75 Å². The number of hydrogen-bond acceptors (Lipinski definition) is 3. The van der Waals surface area contributed by atoms with Crippen LogP contribution in [0.4, 0.5) is 0 Å².